The smallest absolute Gasteiger partial charge is 0.276 e. The van der Waals surface area contributed by atoms with E-state index in [4.69, 9.17) is 0 Å². The molecule has 9 nitrogen and oxygen atoms in total. The minimum absolute atomic E-state index is 0.225. The van der Waals surface area contributed by atoms with Crippen LogP contribution in [0.25, 0.3) is 5.65 Å². The maximum atomic E-state index is 14.7. The number of aromatic nitrogens is 4. The quantitative estimate of drug-likeness (QED) is 0.357. The summed E-state index contributed by atoms with van der Waals surface area (Å²) in [5.41, 5.74) is 4.76. The van der Waals surface area contributed by atoms with E-state index >= 15 is 0 Å². The lowest BCUT2D eigenvalue weighted by Crippen LogP contribution is -2.51. The SMILES string of the molecule is CCN(CC)C1CCC(N(NC2CC2)c2cc(NC(=O)c3cnc4cccnn34)cc(F)n2)CC1. The Morgan fingerprint density at radius 2 is 1.86 bits per heavy atom. The Labute approximate surface area is 204 Å². The number of hydrazine groups is 1. The number of amides is 1. The van der Waals surface area contributed by atoms with Gasteiger partial charge in [-0.05, 0) is 63.7 Å². The van der Waals surface area contributed by atoms with Gasteiger partial charge in [-0.3, -0.25) is 9.80 Å². The summed E-state index contributed by atoms with van der Waals surface area (Å²) in [4.78, 5) is 23.9. The number of nitrogens with one attached hydrogen (secondary N) is 2. The van der Waals surface area contributed by atoms with Crippen molar-refractivity contribution < 1.29 is 9.18 Å². The van der Waals surface area contributed by atoms with Crippen molar-refractivity contribution in [3.8, 4) is 0 Å². The monoisotopic (exact) mass is 480 g/mol. The third-order valence-electron chi connectivity index (χ3n) is 7.05. The Morgan fingerprint density at radius 1 is 1.11 bits per heavy atom. The summed E-state index contributed by atoms with van der Waals surface area (Å²) in [6.45, 7) is 6.55. The van der Waals surface area contributed by atoms with Crippen LogP contribution >= 0.6 is 0 Å². The predicted molar refractivity (Wildman–Crippen MR) is 133 cm³/mol. The van der Waals surface area contributed by atoms with E-state index in [-0.39, 0.29) is 11.7 Å². The first-order valence-corrected chi connectivity index (χ1v) is 12.6. The molecular formula is C25H33FN8O. The number of rotatable bonds is 9. The Kier molecular flexibility index (Phi) is 6.92. The molecule has 5 rings (SSSR count). The Balaban J connectivity index is 1.34. The number of nitrogens with zero attached hydrogens (tertiary/aromatic N) is 6. The summed E-state index contributed by atoms with van der Waals surface area (Å²) < 4.78 is 16.1. The van der Waals surface area contributed by atoms with E-state index in [0.29, 0.717) is 29.2 Å². The van der Waals surface area contributed by atoms with Crippen molar-refractivity contribution in [2.75, 3.05) is 23.4 Å². The van der Waals surface area contributed by atoms with Gasteiger partial charge in [0.2, 0.25) is 5.95 Å². The molecule has 2 fully saturated rings. The summed E-state index contributed by atoms with van der Waals surface area (Å²) in [6.07, 6.45) is 9.49. The summed E-state index contributed by atoms with van der Waals surface area (Å²) in [5, 5.41) is 9.03. The first kappa shape index (κ1) is 23.6. The molecule has 0 bridgehead atoms. The van der Waals surface area contributed by atoms with Crippen LogP contribution in [0.4, 0.5) is 15.9 Å². The first-order chi connectivity index (χ1) is 17.1. The van der Waals surface area contributed by atoms with Crippen molar-refractivity contribution in [2.24, 2.45) is 0 Å². The predicted octanol–water partition coefficient (Wildman–Crippen LogP) is 3.64. The van der Waals surface area contributed by atoms with Crippen LogP contribution in [0.1, 0.15) is 62.9 Å². The fourth-order valence-corrected chi connectivity index (χ4v) is 5.05. The van der Waals surface area contributed by atoms with Gasteiger partial charge in [0.1, 0.15) is 5.82 Å². The van der Waals surface area contributed by atoms with Gasteiger partial charge in [-0.2, -0.15) is 9.49 Å². The number of hydrogen-bond acceptors (Lipinski definition) is 7. The molecule has 186 valence electrons. The Bertz CT molecular complexity index is 1170. The topological polar surface area (TPSA) is 90.7 Å². The van der Waals surface area contributed by atoms with Crippen molar-refractivity contribution >= 4 is 23.1 Å². The molecule has 0 aromatic carbocycles. The molecule has 0 aliphatic heterocycles. The van der Waals surface area contributed by atoms with E-state index < -0.39 is 11.9 Å². The molecule has 0 saturated heterocycles. The Morgan fingerprint density at radius 3 is 2.57 bits per heavy atom. The number of anilines is 2. The highest BCUT2D eigenvalue weighted by molar-refractivity contribution is 6.03. The average Bonchev–Trinajstić information content (AvgIpc) is 3.59. The maximum Gasteiger partial charge on any atom is 0.276 e. The second-order valence-corrected chi connectivity index (χ2v) is 9.38. The maximum absolute atomic E-state index is 14.7. The fourth-order valence-electron chi connectivity index (χ4n) is 5.05. The van der Waals surface area contributed by atoms with Gasteiger partial charge >= 0.3 is 0 Å². The molecule has 3 heterocycles. The molecule has 2 saturated carbocycles. The molecule has 2 aliphatic carbocycles. The van der Waals surface area contributed by atoms with Crippen LogP contribution in [0.3, 0.4) is 0 Å². The summed E-state index contributed by atoms with van der Waals surface area (Å²) in [6, 6.07) is 7.72. The largest absolute Gasteiger partial charge is 0.320 e. The highest BCUT2D eigenvalue weighted by Gasteiger charge is 2.33. The minimum atomic E-state index is -0.631. The molecule has 2 aliphatic rings. The van der Waals surface area contributed by atoms with Gasteiger partial charge in [-0.25, -0.2) is 19.9 Å². The van der Waals surface area contributed by atoms with Crippen LogP contribution in [0.5, 0.6) is 0 Å². The van der Waals surface area contributed by atoms with Crippen LogP contribution in [-0.4, -0.2) is 61.6 Å². The van der Waals surface area contributed by atoms with Gasteiger partial charge < -0.3 is 10.2 Å². The third-order valence-corrected chi connectivity index (χ3v) is 7.05. The first-order valence-electron chi connectivity index (χ1n) is 12.6. The fraction of sp³-hybridized carbons (Fsp3) is 0.520. The normalized spacial score (nSPS) is 20.3. The average molecular weight is 481 g/mol. The number of imidazole rings is 1. The van der Waals surface area contributed by atoms with Gasteiger partial charge in [-0.15, -0.1) is 0 Å². The molecule has 3 aromatic rings. The zero-order chi connectivity index (χ0) is 24.4. The molecule has 0 spiro atoms. The number of hydrogen-bond donors (Lipinski definition) is 2. The van der Waals surface area contributed by atoms with E-state index in [0.717, 1.165) is 51.6 Å². The van der Waals surface area contributed by atoms with Crippen molar-refractivity contribution in [1.82, 2.24) is 29.9 Å². The molecule has 3 aromatic heterocycles. The molecule has 2 N–H and O–H groups in total. The van der Waals surface area contributed by atoms with Crippen molar-refractivity contribution in [1.29, 1.82) is 0 Å². The number of halogens is 1. The van der Waals surface area contributed by atoms with Crippen molar-refractivity contribution in [3.63, 3.8) is 0 Å². The third kappa shape index (κ3) is 5.28. The standard InChI is InChI=1S/C25H33FN8O/c1-3-32(4-2)19-9-11-20(12-10-19)33(31-17-7-8-17)24-15-18(14-22(26)30-24)29-25(35)21-16-27-23-6-5-13-28-34(21)23/h5-6,13-17,19-20,31H,3-4,7-12H2,1-2H3,(H,29,30,35). The van der Waals surface area contributed by atoms with Gasteiger partial charge in [-0.1, -0.05) is 13.8 Å². The number of carbonyl (C=O) groups is 1. The molecule has 0 radical (unpaired) electrons. The van der Waals surface area contributed by atoms with Crippen LogP contribution in [-0.2, 0) is 0 Å². The zero-order valence-electron chi connectivity index (χ0n) is 20.3. The molecule has 35 heavy (non-hydrogen) atoms. The number of fused-ring (bicyclic) bond motifs is 1. The minimum Gasteiger partial charge on any atom is -0.320 e. The zero-order valence-corrected chi connectivity index (χ0v) is 20.3. The summed E-state index contributed by atoms with van der Waals surface area (Å²) in [5.74, 6) is -0.544. The highest BCUT2D eigenvalue weighted by Crippen LogP contribution is 2.31. The van der Waals surface area contributed by atoms with Gasteiger partial charge in [0, 0.05) is 42.1 Å². The van der Waals surface area contributed by atoms with E-state index in [2.05, 4.69) is 44.6 Å². The summed E-state index contributed by atoms with van der Waals surface area (Å²) in [7, 11) is 0. The second-order valence-electron chi connectivity index (χ2n) is 9.38. The van der Waals surface area contributed by atoms with Crippen LogP contribution in [0.2, 0.25) is 0 Å². The van der Waals surface area contributed by atoms with E-state index in [1.54, 1.807) is 24.4 Å². The van der Waals surface area contributed by atoms with Gasteiger partial charge in [0.25, 0.3) is 5.91 Å². The van der Waals surface area contributed by atoms with E-state index in [1.807, 2.05) is 5.01 Å². The Hall–Kier alpha value is -3.11. The second kappa shape index (κ2) is 10.2. The van der Waals surface area contributed by atoms with Crippen LogP contribution in [0.15, 0.2) is 36.7 Å². The molecular weight excluding hydrogens is 447 g/mol. The van der Waals surface area contributed by atoms with Gasteiger partial charge in [0.15, 0.2) is 11.3 Å². The molecule has 10 heteroatoms. The molecule has 0 unspecified atom stereocenters. The number of carbonyl (C=O) groups excluding carboxylic acids is 1. The lowest BCUT2D eigenvalue weighted by atomic mass is 9.89. The molecule has 0 atom stereocenters. The van der Waals surface area contributed by atoms with E-state index in [9.17, 15) is 9.18 Å². The van der Waals surface area contributed by atoms with Gasteiger partial charge in [0.05, 0.1) is 6.20 Å². The van der Waals surface area contributed by atoms with Crippen LogP contribution in [0, 0.1) is 5.95 Å². The lowest BCUT2D eigenvalue weighted by Gasteiger charge is -2.41. The lowest BCUT2D eigenvalue weighted by molar-refractivity contribution is 0.102. The molecule has 1 amide bonds. The van der Waals surface area contributed by atoms with Crippen molar-refractivity contribution in [3.05, 3.63) is 48.3 Å². The van der Waals surface area contributed by atoms with E-state index in [1.165, 1.54) is 16.8 Å². The number of pyridine rings is 1. The van der Waals surface area contributed by atoms with Crippen molar-refractivity contribution in [2.45, 2.75) is 70.5 Å². The summed E-state index contributed by atoms with van der Waals surface area (Å²) >= 11 is 0. The highest BCUT2D eigenvalue weighted by atomic mass is 19.1. The van der Waals surface area contributed by atoms with Crippen LogP contribution < -0.4 is 15.8 Å².